The molecule has 6 heteroatoms. The third kappa shape index (κ3) is 4.27. The molecule has 1 aromatic carbocycles. The van der Waals surface area contributed by atoms with Crippen LogP contribution < -0.4 is 10.6 Å². The standard InChI is InChI=1S/C16H20N2O3S/c1-10(2)17-15(19)12-5-4-11(3)13(8-12)18-16(20)14-9-22-7-6-21-14/h4-5,8-10H,6-7H2,1-3H3,(H,17,19)(H,18,20). The number of carbonyl (C=O) groups is 2. The Morgan fingerprint density at radius 1 is 1.27 bits per heavy atom. The molecule has 0 atom stereocenters. The topological polar surface area (TPSA) is 67.4 Å². The summed E-state index contributed by atoms with van der Waals surface area (Å²) < 4.78 is 5.33. The Labute approximate surface area is 134 Å². The summed E-state index contributed by atoms with van der Waals surface area (Å²) in [5.41, 5.74) is 2.02. The molecule has 1 heterocycles. The van der Waals surface area contributed by atoms with E-state index in [9.17, 15) is 9.59 Å². The molecular weight excluding hydrogens is 300 g/mol. The van der Waals surface area contributed by atoms with Gasteiger partial charge in [-0.15, -0.1) is 11.8 Å². The highest BCUT2D eigenvalue weighted by Crippen LogP contribution is 2.20. The van der Waals surface area contributed by atoms with E-state index in [1.54, 1.807) is 29.3 Å². The molecule has 5 nitrogen and oxygen atoms in total. The van der Waals surface area contributed by atoms with E-state index in [4.69, 9.17) is 4.74 Å². The first-order valence-corrected chi connectivity index (χ1v) is 8.19. The molecule has 0 radical (unpaired) electrons. The Morgan fingerprint density at radius 2 is 2.05 bits per heavy atom. The minimum Gasteiger partial charge on any atom is -0.487 e. The van der Waals surface area contributed by atoms with Crippen molar-refractivity contribution >= 4 is 29.3 Å². The van der Waals surface area contributed by atoms with Gasteiger partial charge >= 0.3 is 0 Å². The lowest BCUT2D eigenvalue weighted by Crippen LogP contribution is -2.30. The van der Waals surface area contributed by atoms with Crippen LogP contribution in [0.25, 0.3) is 0 Å². The minimum atomic E-state index is -0.295. The normalized spacial score (nSPS) is 14.1. The van der Waals surface area contributed by atoms with Gasteiger partial charge in [-0.3, -0.25) is 9.59 Å². The largest absolute Gasteiger partial charge is 0.487 e. The Morgan fingerprint density at radius 3 is 2.68 bits per heavy atom. The summed E-state index contributed by atoms with van der Waals surface area (Å²) in [4.78, 5) is 24.2. The number of hydrogen-bond acceptors (Lipinski definition) is 4. The summed E-state index contributed by atoms with van der Waals surface area (Å²) >= 11 is 1.55. The van der Waals surface area contributed by atoms with E-state index in [0.717, 1.165) is 11.3 Å². The van der Waals surface area contributed by atoms with E-state index in [2.05, 4.69) is 10.6 Å². The van der Waals surface area contributed by atoms with Gasteiger partial charge in [0.15, 0.2) is 5.76 Å². The molecular formula is C16H20N2O3S. The van der Waals surface area contributed by atoms with Gasteiger partial charge in [-0.1, -0.05) is 6.07 Å². The van der Waals surface area contributed by atoms with E-state index in [-0.39, 0.29) is 17.9 Å². The Bertz CT molecular complexity index is 611. The van der Waals surface area contributed by atoms with E-state index >= 15 is 0 Å². The molecule has 0 aliphatic carbocycles. The van der Waals surface area contributed by atoms with Crippen LogP contribution in [0, 0.1) is 6.92 Å². The average molecular weight is 320 g/mol. The van der Waals surface area contributed by atoms with Crippen LogP contribution in [0.5, 0.6) is 0 Å². The van der Waals surface area contributed by atoms with Crippen molar-refractivity contribution in [1.29, 1.82) is 0 Å². The number of ether oxygens (including phenoxy) is 1. The van der Waals surface area contributed by atoms with E-state index in [1.165, 1.54) is 0 Å². The molecule has 0 unspecified atom stereocenters. The molecule has 1 aliphatic heterocycles. The van der Waals surface area contributed by atoms with Crippen molar-refractivity contribution in [1.82, 2.24) is 5.32 Å². The van der Waals surface area contributed by atoms with Gasteiger partial charge in [0.2, 0.25) is 0 Å². The van der Waals surface area contributed by atoms with Crippen LogP contribution in [-0.2, 0) is 9.53 Å². The maximum absolute atomic E-state index is 12.2. The second kappa shape index (κ2) is 7.35. The van der Waals surface area contributed by atoms with Crippen LogP contribution >= 0.6 is 11.8 Å². The molecule has 0 bridgehead atoms. The fourth-order valence-electron chi connectivity index (χ4n) is 1.91. The van der Waals surface area contributed by atoms with E-state index < -0.39 is 0 Å². The number of amides is 2. The second-order valence-corrected chi connectivity index (χ2v) is 6.29. The lowest BCUT2D eigenvalue weighted by molar-refractivity contribution is -0.116. The number of carbonyl (C=O) groups excluding carboxylic acids is 2. The quantitative estimate of drug-likeness (QED) is 0.895. The van der Waals surface area contributed by atoms with Crippen molar-refractivity contribution < 1.29 is 14.3 Å². The smallest absolute Gasteiger partial charge is 0.291 e. The monoisotopic (exact) mass is 320 g/mol. The van der Waals surface area contributed by atoms with Gasteiger partial charge in [-0.05, 0) is 38.5 Å². The third-order valence-corrected chi connectivity index (χ3v) is 3.82. The molecule has 0 saturated carbocycles. The predicted octanol–water partition coefficient (Wildman–Crippen LogP) is 2.68. The molecule has 0 spiro atoms. The number of aryl methyl sites for hydroxylation is 1. The van der Waals surface area contributed by atoms with Crippen molar-refractivity contribution in [3.05, 3.63) is 40.5 Å². The number of thioether (sulfide) groups is 1. The summed E-state index contributed by atoms with van der Waals surface area (Å²) in [5.74, 6) is 0.708. The van der Waals surface area contributed by atoms with Crippen molar-refractivity contribution in [2.75, 3.05) is 17.7 Å². The van der Waals surface area contributed by atoms with Crippen LogP contribution in [0.15, 0.2) is 29.4 Å². The number of anilines is 1. The van der Waals surface area contributed by atoms with Gasteiger partial charge in [-0.2, -0.15) is 0 Å². The summed E-state index contributed by atoms with van der Waals surface area (Å²) in [5, 5.41) is 7.35. The molecule has 0 saturated heterocycles. The number of rotatable bonds is 4. The first-order valence-electron chi connectivity index (χ1n) is 7.15. The highest BCUT2D eigenvalue weighted by atomic mass is 32.2. The van der Waals surface area contributed by atoms with Gasteiger partial charge in [0.25, 0.3) is 11.8 Å². The maximum Gasteiger partial charge on any atom is 0.291 e. The highest BCUT2D eigenvalue weighted by Gasteiger charge is 2.16. The summed E-state index contributed by atoms with van der Waals surface area (Å²) in [6, 6.07) is 5.30. The van der Waals surface area contributed by atoms with Gasteiger partial charge in [-0.25, -0.2) is 0 Å². The zero-order valence-electron chi connectivity index (χ0n) is 12.9. The first kappa shape index (κ1) is 16.4. The fraction of sp³-hybridized carbons (Fsp3) is 0.375. The molecule has 22 heavy (non-hydrogen) atoms. The Kier molecular flexibility index (Phi) is 5.49. The van der Waals surface area contributed by atoms with Gasteiger partial charge in [0.1, 0.15) is 0 Å². The van der Waals surface area contributed by atoms with Gasteiger partial charge < -0.3 is 15.4 Å². The molecule has 1 aliphatic rings. The van der Waals surface area contributed by atoms with Gasteiger partial charge in [0, 0.05) is 28.5 Å². The van der Waals surface area contributed by atoms with Crippen LogP contribution in [0.4, 0.5) is 5.69 Å². The minimum absolute atomic E-state index is 0.0599. The SMILES string of the molecule is Cc1ccc(C(=O)NC(C)C)cc1NC(=O)C1=CSCCO1. The lowest BCUT2D eigenvalue weighted by atomic mass is 10.1. The van der Waals surface area contributed by atoms with Crippen LogP contribution in [0.3, 0.4) is 0 Å². The second-order valence-electron chi connectivity index (χ2n) is 5.31. The molecule has 2 rings (SSSR count). The van der Waals surface area contributed by atoms with Crippen LogP contribution in [-0.4, -0.2) is 30.2 Å². The van der Waals surface area contributed by atoms with Crippen molar-refractivity contribution in [3.8, 4) is 0 Å². The van der Waals surface area contributed by atoms with E-state index in [0.29, 0.717) is 23.6 Å². The number of nitrogens with one attached hydrogen (secondary N) is 2. The molecule has 2 N–H and O–H groups in total. The van der Waals surface area contributed by atoms with E-state index in [1.807, 2.05) is 26.8 Å². The average Bonchev–Trinajstić information content (AvgIpc) is 2.49. The summed E-state index contributed by atoms with van der Waals surface area (Å²) in [6.45, 7) is 6.21. The van der Waals surface area contributed by atoms with Crippen molar-refractivity contribution in [2.24, 2.45) is 0 Å². The van der Waals surface area contributed by atoms with Crippen LogP contribution in [0.2, 0.25) is 0 Å². The maximum atomic E-state index is 12.2. The van der Waals surface area contributed by atoms with Crippen molar-refractivity contribution in [3.63, 3.8) is 0 Å². The number of benzene rings is 1. The summed E-state index contributed by atoms with van der Waals surface area (Å²) in [7, 11) is 0. The molecule has 118 valence electrons. The third-order valence-electron chi connectivity index (χ3n) is 3.04. The Balaban J connectivity index is 2.14. The fourth-order valence-corrected chi connectivity index (χ4v) is 2.54. The van der Waals surface area contributed by atoms with Gasteiger partial charge in [0.05, 0.1) is 6.61 Å². The predicted molar refractivity (Wildman–Crippen MR) is 88.9 cm³/mol. The highest BCUT2D eigenvalue weighted by molar-refractivity contribution is 8.02. The zero-order chi connectivity index (χ0) is 16.1. The molecule has 0 aromatic heterocycles. The molecule has 0 fully saturated rings. The zero-order valence-corrected chi connectivity index (χ0v) is 13.8. The molecule has 2 amide bonds. The summed E-state index contributed by atoms with van der Waals surface area (Å²) in [6.07, 6.45) is 0. The van der Waals surface area contributed by atoms with Crippen LogP contribution in [0.1, 0.15) is 29.8 Å². The molecule has 1 aromatic rings. The van der Waals surface area contributed by atoms with Crippen molar-refractivity contribution in [2.45, 2.75) is 26.8 Å². The number of hydrogen-bond donors (Lipinski definition) is 2. The first-order chi connectivity index (χ1) is 10.5. The lowest BCUT2D eigenvalue weighted by Gasteiger charge is -2.16. The Hall–Kier alpha value is -1.95.